The van der Waals surface area contributed by atoms with Crippen LogP contribution < -0.4 is 10.6 Å². The van der Waals surface area contributed by atoms with E-state index in [0.29, 0.717) is 38.2 Å². The van der Waals surface area contributed by atoms with Gasteiger partial charge in [0.1, 0.15) is 0 Å². The van der Waals surface area contributed by atoms with E-state index >= 15 is 0 Å². The standard InChI is InChI=1S/C16H24F3N3O/c1-12(2)11-23-9-8-21-15(20-3)22-10-13-4-6-14(7-5-13)16(17,18)19/h4-7,12H,8-11H2,1-3H3,(H2,20,21,22). The van der Waals surface area contributed by atoms with E-state index in [0.717, 1.165) is 17.7 Å². The van der Waals surface area contributed by atoms with Gasteiger partial charge in [-0.15, -0.1) is 0 Å². The fourth-order valence-electron chi connectivity index (χ4n) is 1.78. The molecule has 0 radical (unpaired) electrons. The molecule has 0 aliphatic rings. The van der Waals surface area contributed by atoms with Gasteiger partial charge in [-0.05, 0) is 23.6 Å². The first-order valence-electron chi connectivity index (χ1n) is 7.51. The first kappa shape index (κ1) is 19.3. The van der Waals surface area contributed by atoms with Gasteiger partial charge >= 0.3 is 6.18 Å². The highest BCUT2D eigenvalue weighted by atomic mass is 19.4. The van der Waals surface area contributed by atoms with Crippen molar-refractivity contribution in [1.82, 2.24) is 10.6 Å². The number of aliphatic imine (C=N–C) groups is 1. The Balaban J connectivity index is 2.34. The number of rotatable bonds is 7. The lowest BCUT2D eigenvalue weighted by molar-refractivity contribution is -0.137. The summed E-state index contributed by atoms with van der Waals surface area (Å²) in [6, 6.07) is 5.06. The fourth-order valence-corrected chi connectivity index (χ4v) is 1.78. The summed E-state index contributed by atoms with van der Waals surface area (Å²) < 4.78 is 42.9. The predicted molar refractivity (Wildman–Crippen MR) is 85.3 cm³/mol. The van der Waals surface area contributed by atoms with Crippen molar-refractivity contribution in [3.05, 3.63) is 35.4 Å². The van der Waals surface area contributed by atoms with Crippen LogP contribution >= 0.6 is 0 Å². The second-order valence-corrected chi connectivity index (χ2v) is 5.52. The number of alkyl halides is 3. The molecule has 0 aliphatic heterocycles. The van der Waals surface area contributed by atoms with Crippen LogP contribution in [0.15, 0.2) is 29.3 Å². The smallest absolute Gasteiger partial charge is 0.379 e. The van der Waals surface area contributed by atoms with Crippen molar-refractivity contribution in [2.45, 2.75) is 26.6 Å². The van der Waals surface area contributed by atoms with Gasteiger partial charge in [0.15, 0.2) is 5.96 Å². The van der Waals surface area contributed by atoms with Gasteiger partial charge in [0.05, 0.1) is 12.2 Å². The first-order chi connectivity index (χ1) is 10.8. The van der Waals surface area contributed by atoms with E-state index in [1.54, 1.807) is 7.05 Å². The lowest BCUT2D eigenvalue weighted by Gasteiger charge is -2.13. The molecule has 0 atom stereocenters. The molecule has 0 unspecified atom stereocenters. The molecule has 0 aliphatic carbocycles. The second kappa shape index (κ2) is 9.39. The van der Waals surface area contributed by atoms with Gasteiger partial charge in [0, 0.05) is 26.7 Å². The maximum absolute atomic E-state index is 12.5. The van der Waals surface area contributed by atoms with Crippen LogP contribution in [0, 0.1) is 5.92 Å². The molecule has 130 valence electrons. The minimum atomic E-state index is -4.31. The quantitative estimate of drug-likeness (QED) is 0.459. The molecule has 1 aromatic carbocycles. The largest absolute Gasteiger partial charge is 0.416 e. The highest BCUT2D eigenvalue weighted by molar-refractivity contribution is 5.79. The molecule has 23 heavy (non-hydrogen) atoms. The Bertz CT molecular complexity index is 484. The van der Waals surface area contributed by atoms with Gasteiger partial charge in [0.2, 0.25) is 0 Å². The monoisotopic (exact) mass is 331 g/mol. The van der Waals surface area contributed by atoms with Crippen LogP contribution in [0.5, 0.6) is 0 Å². The number of hydrogen-bond donors (Lipinski definition) is 2. The van der Waals surface area contributed by atoms with Gasteiger partial charge < -0.3 is 15.4 Å². The van der Waals surface area contributed by atoms with Gasteiger partial charge in [-0.25, -0.2) is 0 Å². The van der Waals surface area contributed by atoms with Crippen LogP contribution in [0.1, 0.15) is 25.0 Å². The van der Waals surface area contributed by atoms with E-state index in [2.05, 4.69) is 29.5 Å². The van der Waals surface area contributed by atoms with Crippen LogP contribution in [0.25, 0.3) is 0 Å². The molecule has 0 saturated carbocycles. The lowest BCUT2D eigenvalue weighted by atomic mass is 10.1. The number of nitrogens with zero attached hydrogens (tertiary/aromatic N) is 1. The Morgan fingerprint density at radius 2 is 1.83 bits per heavy atom. The summed E-state index contributed by atoms with van der Waals surface area (Å²) in [4.78, 5) is 4.05. The molecule has 0 bridgehead atoms. The third-order valence-electron chi connectivity index (χ3n) is 2.95. The number of nitrogens with one attached hydrogen (secondary N) is 2. The normalized spacial score (nSPS) is 12.6. The summed E-state index contributed by atoms with van der Waals surface area (Å²) in [7, 11) is 1.64. The Morgan fingerprint density at radius 1 is 1.17 bits per heavy atom. The van der Waals surface area contributed by atoms with Crippen LogP contribution in [-0.2, 0) is 17.5 Å². The summed E-state index contributed by atoms with van der Waals surface area (Å²) >= 11 is 0. The molecule has 7 heteroatoms. The molecule has 0 heterocycles. The highest BCUT2D eigenvalue weighted by Crippen LogP contribution is 2.28. The van der Waals surface area contributed by atoms with E-state index < -0.39 is 11.7 Å². The molecule has 0 fully saturated rings. The van der Waals surface area contributed by atoms with Crippen molar-refractivity contribution in [3.8, 4) is 0 Å². The third kappa shape index (κ3) is 7.88. The van der Waals surface area contributed by atoms with Crippen molar-refractivity contribution in [2.75, 3.05) is 26.8 Å². The fraction of sp³-hybridized carbons (Fsp3) is 0.562. The third-order valence-corrected chi connectivity index (χ3v) is 2.95. The molecular weight excluding hydrogens is 307 g/mol. The average molecular weight is 331 g/mol. The van der Waals surface area contributed by atoms with E-state index in [1.165, 1.54) is 12.1 Å². The highest BCUT2D eigenvalue weighted by Gasteiger charge is 2.29. The minimum absolute atomic E-state index is 0.394. The van der Waals surface area contributed by atoms with Crippen LogP contribution in [0.3, 0.4) is 0 Å². The molecule has 0 saturated heterocycles. The van der Waals surface area contributed by atoms with Gasteiger partial charge in [-0.2, -0.15) is 13.2 Å². The summed E-state index contributed by atoms with van der Waals surface area (Å²) in [6.45, 7) is 6.44. The lowest BCUT2D eigenvalue weighted by Crippen LogP contribution is -2.38. The zero-order valence-corrected chi connectivity index (χ0v) is 13.7. The van der Waals surface area contributed by atoms with Crippen molar-refractivity contribution < 1.29 is 17.9 Å². The average Bonchev–Trinajstić information content (AvgIpc) is 2.49. The number of hydrogen-bond acceptors (Lipinski definition) is 2. The maximum atomic E-state index is 12.5. The van der Waals surface area contributed by atoms with Crippen molar-refractivity contribution >= 4 is 5.96 Å². The molecule has 2 N–H and O–H groups in total. The van der Waals surface area contributed by atoms with Gasteiger partial charge in [-0.3, -0.25) is 4.99 Å². The molecule has 1 aromatic rings. The van der Waals surface area contributed by atoms with Gasteiger partial charge in [0.25, 0.3) is 0 Å². The predicted octanol–water partition coefficient (Wildman–Crippen LogP) is 3.04. The molecule has 4 nitrogen and oxygen atoms in total. The number of benzene rings is 1. The first-order valence-corrected chi connectivity index (χ1v) is 7.51. The summed E-state index contributed by atoms with van der Waals surface area (Å²) in [5.74, 6) is 1.07. The van der Waals surface area contributed by atoms with Crippen LogP contribution in [-0.4, -0.2) is 32.8 Å². The zero-order valence-electron chi connectivity index (χ0n) is 13.7. The van der Waals surface area contributed by atoms with E-state index in [-0.39, 0.29) is 0 Å². The van der Waals surface area contributed by atoms with Crippen molar-refractivity contribution in [2.24, 2.45) is 10.9 Å². The maximum Gasteiger partial charge on any atom is 0.416 e. The Labute approximate surface area is 135 Å². The van der Waals surface area contributed by atoms with Crippen molar-refractivity contribution in [3.63, 3.8) is 0 Å². The van der Waals surface area contributed by atoms with E-state index in [4.69, 9.17) is 4.74 Å². The van der Waals surface area contributed by atoms with Crippen LogP contribution in [0.4, 0.5) is 13.2 Å². The van der Waals surface area contributed by atoms with E-state index in [1.807, 2.05) is 0 Å². The summed E-state index contributed by atoms with van der Waals surface area (Å²) in [6.07, 6.45) is -4.31. The number of ether oxygens (including phenoxy) is 1. The Hall–Kier alpha value is -1.76. The van der Waals surface area contributed by atoms with Crippen molar-refractivity contribution in [1.29, 1.82) is 0 Å². The molecule has 0 aromatic heterocycles. The van der Waals surface area contributed by atoms with Gasteiger partial charge in [-0.1, -0.05) is 26.0 Å². The molecule has 0 spiro atoms. The SMILES string of the molecule is CN=C(NCCOCC(C)C)NCc1ccc(C(F)(F)F)cc1. The van der Waals surface area contributed by atoms with E-state index in [9.17, 15) is 13.2 Å². The molecular formula is C16H24F3N3O. The number of guanidine groups is 1. The summed E-state index contributed by atoms with van der Waals surface area (Å²) in [5, 5.41) is 6.13. The second-order valence-electron chi connectivity index (χ2n) is 5.52. The minimum Gasteiger partial charge on any atom is -0.379 e. The molecule has 0 amide bonds. The number of halogens is 3. The Kier molecular flexibility index (Phi) is 7.88. The Morgan fingerprint density at radius 3 is 2.35 bits per heavy atom. The molecule has 1 rings (SSSR count). The topological polar surface area (TPSA) is 45.7 Å². The zero-order chi connectivity index (χ0) is 17.3. The summed E-state index contributed by atoms with van der Waals surface area (Å²) in [5.41, 5.74) is 0.100. The van der Waals surface area contributed by atoms with Crippen LogP contribution in [0.2, 0.25) is 0 Å².